The van der Waals surface area contributed by atoms with Crippen LogP contribution in [-0.2, 0) is 6.54 Å². The summed E-state index contributed by atoms with van der Waals surface area (Å²) < 4.78 is 0. The Balaban J connectivity index is 1.72. The van der Waals surface area contributed by atoms with E-state index in [4.69, 9.17) is 0 Å². The largest absolute Gasteiger partial charge is 0.348 e. The van der Waals surface area contributed by atoms with Gasteiger partial charge in [-0.25, -0.2) is 0 Å². The van der Waals surface area contributed by atoms with E-state index < -0.39 is 0 Å². The number of hydrogen-bond acceptors (Lipinski definition) is 3. The second kappa shape index (κ2) is 8.11. The van der Waals surface area contributed by atoms with Crippen molar-refractivity contribution in [1.82, 2.24) is 5.32 Å². The molecule has 0 bridgehead atoms. The summed E-state index contributed by atoms with van der Waals surface area (Å²) in [6.07, 6.45) is 0. The van der Waals surface area contributed by atoms with E-state index in [1.807, 2.05) is 42.5 Å². The molecule has 4 nitrogen and oxygen atoms in total. The molecule has 0 saturated heterocycles. The summed E-state index contributed by atoms with van der Waals surface area (Å²) in [5, 5.41) is 12.1. The van der Waals surface area contributed by atoms with E-state index in [2.05, 4.69) is 11.4 Å². The number of nitrogens with one attached hydrogen (secondary N) is 1. The number of benzene rings is 3. The van der Waals surface area contributed by atoms with Crippen molar-refractivity contribution in [2.75, 3.05) is 0 Å². The highest BCUT2D eigenvalue weighted by Crippen LogP contribution is 2.23. The van der Waals surface area contributed by atoms with E-state index in [0.717, 1.165) is 16.7 Å². The Morgan fingerprint density at radius 1 is 0.889 bits per heavy atom. The van der Waals surface area contributed by atoms with Crippen LogP contribution in [0, 0.1) is 11.3 Å². The van der Waals surface area contributed by atoms with Gasteiger partial charge in [0.1, 0.15) is 0 Å². The van der Waals surface area contributed by atoms with Crippen molar-refractivity contribution in [2.45, 2.75) is 13.5 Å². The van der Waals surface area contributed by atoms with Crippen LogP contribution in [-0.4, -0.2) is 11.7 Å². The average Bonchev–Trinajstić information content (AvgIpc) is 2.72. The summed E-state index contributed by atoms with van der Waals surface area (Å²) in [6.45, 7) is 1.80. The fraction of sp³-hybridized carbons (Fsp3) is 0.0870. The molecule has 0 unspecified atom stereocenters. The van der Waals surface area contributed by atoms with Crippen LogP contribution in [0.2, 0.25) is 0 Å². The predicted molar refractivity (Wildman–Crippen MR) is 104 cm³/mol. The lowest BCUT2D eigenvalue weighted by atomic mass is 9.99. The SMILES string of the molecule is CC(=O)c1ccccc1C(=O)NCc1ccc(-c2ccccc2C#N)cc1. The third-order valence-electron chi connectivity index (χ3n) is 4.32. The minimum atomic E-state index is -0.278. The molecule has 0 heterocycles. The van der Waals surface area contributed by atoms with Crippen LogP contribution in [0.4, 0.5) is 0 Å². The van der Waals surface area contributed by atoms with Crippen molar-refractivity contribution in [3.8, 4) is 17.2 Å². The lowest BCUT2D eigenvalue weighted by Gasteiger charge is -2.09. The van der Waals surface area contributed by atoms with Gasteiger partial charge in [0.25, 0.3) is 5.91 Å². The van der Waals surface area contributed by atoms with Crippen LogP contribution in [0.25, 0.3) is 11.1 Å². The first-order valence-corrected chi connectivity index (χ1v) is 8.57. The Hall–Kier alpha value is -3.71. The Bertz CT molecular complexity index is 1030. The quantitative estimate of drug-likeness (QED) is 0.692. The molecular formula is C23H18N2O2. The molecule has 1 amide bonds. The summed E-state index contributed by atoms with van der Waals surface area (Å²) in [6, 6.07) is 24.1. The first kappa shape index (κ1) is 18.1. The maximum Gasteiger partial charge on any atom is 0.252 e. The number of nitrogens with zero attached hydrogens (tertiary/aromatic N) is 1. The molecule has 4 heteroatoms. The fourth-order valence-electron chi connectivity index (χ4n) is 2.90. The van der Waals surface area contributed by atoms with Gasteiger partial charge in [0.2, 0.25) is 0 Å². The minimum absolute atomic E-state index is 0.138. The molecule has 0 atom stereocenters. The van der Waals surface area contributed by atoms with Crippen molar-refractivity contribution < 1.29 is 9.59 Å². The average molecular weight is 354 g/mol. The molecule has 27 heavy (non-hydrogen) atoms. The van der Waals surface area contributed by atoms with Crippen molar-refractivity contribution in [3.63, 3.8) is 0 Å². The van der Waals surface area contributed by atoms with Crippen molar-refractivity contribution in [3.05, 3.63) is 95.1 Å². The van der Waals surface area contributed by atoms with E-state index in [-0.39, 0.29) is 11.7 Å². The number of amides is 1. The molecule has 3 aromatic carbocycles. The number of hydrogen-bond donors (Lipinski definition) is 1. The molecule has 0 aromatic heterocycles. The molecule has 3 rings (SSSR count). The number of carbonyl (C=O) groups excluding carboxylic acids is 2. The van der Waals surface area contributed by atoms with Gasteiger partial charge in [-0.3, -0.25) is 9.59 Å². The molecule has 0 aliphatic carbocycles. The third-order valence-corrected chi connectivity index (χ3v) is 4.32. The zero-order valence-electron chi connectivity index (χ0n) is 14.9. The highest BCUT2D eigenvalue weighted by Gasteiger charge is 2.13. The number of carbonyl (C=O) groups is 2. The van der Waals surface area contributed by atoms with Gasteiger partial charge in [0.05, 0.1) is 17.2 Å². The maximum atomic E-state index is 12.4. The molecule has 132 valence electrons. The second-order valence-electron chi connectivity index (χ2n) is 6.14. The highest BCUT2D eigenvalue weighted by molar-refractivity contribution is 6.07. The summed E-state index contributed by atoms with van der Waals surface area (Å²) in [4.78, 5) is 24.1. The lowest BCUT2D eigenvalue weighted by molar-refractivity contribution is 0.0936. The van der Waals surface area contributed by atoms with E-state index in [0.29, 0.717) is 23.2 Å². The van der Waals surface area contributed by atoms with Gasteiger partial charge in [0.15, 0.2) is 5.78 Å². The first-order chi connectivity index (χ1) is 13.1. The molecule has 1 N–H and O–H groups in total. The Kier molecular flexibility index (Phi) is 5.44. The molecule has 0 aliphatic heterocycles. The number of rotatable bonds is 5. The van der Waals surface area contributed by atoms with E-state index in [1.54, 1.807) is 30.3 Å². The predicted octanol–water partition coefficient (Wildman–Crippen LogP) is 4.36. The van der Waals surface area contributed by atoms with Crippen LogP contribution >= 0.6 is 0 Å². The smallest absolute Gasteiger partial charge is 0.252 e. The zero-order valence-corrected chi connectivity index (χ0v) is 14.9. The van der Waals surface area contributed by atoms with Crippen LogP contribution in [0.5, 0.6) is 0 Å². The number of Topliss-reactive ketones (excluding diaryl/α,β-unsaturated/α-hetero) is 1. The van der Waals surface area contributed by atoms with Gasteiger partial charge in [-0.1, -0.05) is 60.7 Å². The maximum absolute atomic E-state index is 12.4. The van der Waals surface area contributed by atoms with E-state index in [9.17, 15) is 14.9 Å². The second-order valence-corrected chi connectivity index (χ2v) is 6.14. The fourth-order valence-corrected chi connectivity index (χ4v) is 2.90. The van der Waals surface area contributed by atoms with Crippen molar-refractivity contribution in [2.24, 2.45) is 0 Å². The van der Waals surface area contributed by atoms with Crippen molar-refractivity contribution in [1.29, 1.82) is 5.26 Å². The van der Waals surface area contributed by atoms with Crippen molar-refractivity contribution >= 4 is 11.7 Å². The molecule has 0 fully saturated rings. The van der Waals surface area contributed by atoms with E-state index in [1.165, 1.54) is 6.92 Å². The Morgan fingerprint density at radius 2 is 1.52 bits per heavy atom. The first-order valence-electron chi connectivity index (χ1n) is 8.57. The number of ketones is 1. The molecule has 3 aromatic rings. The van der Waals surface area contributed by atoms with Gasteiger partial charge in [-0.15, -0.1) is 0 Å². The molecule has 0 saturated carbocycles. The van der Waals surface area contributed by atoms with Gasteiger partial charge in [0, 0.05) is 12.1 Å². The Labute approximate surface area is 158 Å². The van der Waals surface area contributed by atoms with Crippen LogP contribution in [0.15, 0.2) is 72.8 Å². The molecule has 0 aliphatic rings. The zero-order chi connectivity index (χ0) is 19.2. The highest BCUT2D eigenvalue weighted by atomic mass is 16.2. The lowest BCUT2D eigenvalue weighted by Crippen LogP contribution is -2.24. The summed E-state index contributed by atoms with van der Waals surface area (Å²) in [5.41, 5.74) is 4.18. The summed E-state index contributed by atoms with van der Waals surface area (Å²) in [5.74, 6) is -0.416. The normalized spacial score (nSPS) is 10.1. The van der Waals surface area contributed by atoms with Gasteiger partial charge in [-0.05, 0) is 35.7 Å². The molecule has 0 radical (unpaired) electrons. The van der Waals surface area contributed by atoms with Crippen LogP contribution < -0.4 is 5.32 Å². The van der Waals surface area contributed by atoms with Gasteiger partial charge < -0.3 is 5.32 Å². The van der Waals surface area contributed by atoms with E-state index >= 15 is 0 Å². The molecule has 0 spiro atoms. The summed E-state index contributed by atoms with van der Waals surface area (Å²) >= 11 is 0. The minimum Gasteiger partial charge on any atom is -0.348 e. The summed E-state index contributed by atoms with van der Waals surface area (Å²) in [7, 11) is 0. The standard InChI is InChI=1S/C23H18N2O2/c1-16(26)20-7-4-5-9-22(20)23(27)25-15-17-10-12-18(13-11-17)21-8-3-2-6-19(21)14-24/h2-13H,15H2,1H3,(H,25,27). The van der Waals surface area contributed by atoms with Gasteiger partial charge in [-0.2, -0.15) is 5.26 Å². The Morgan fingerprint density at radius 3 is 2.19 bits per heavy atom. The van der Waals surface area contributed by atoms with Gasteiger partial charge >= 0.3 is 0 Å². The topological polar surface area (TPSA) is 70.0 Å². The third kappa shape index (κ3) is 4.10. The monoisotopic (exact) mass is 354 g/mol. The number of nitriles is 1. The van der Waals surface area contributed by atoms with Crippen LogP contribution in [0.3, 0.4) is 0 Å². The molecular weight excluding hydrogens is 336 g/mol. The van der Waals surface area contributed by atoms with Crippen LogP contribution in [0.1, 0.15) is 38.8 Å².